The monoisotopic (exact) mass is 1650 g/mol. The van der Waals surface area contributed by atoms with Crippen molar-refractivity contribution in [3.05, 3.63) is 108 Å². The van der Waals surface area contributed by atoms with Gasteiger partial charge in [-0.2, -0.15) is 17.2 Å². The van der Waals surface area contributed by atoms with Crippen molar-refractivity contribution in [1.82, 2.24) is 70.4 Å². The van der Waals surface area contributed by atoms with Crippen LogP contribution in [-0.4, -0.2) is 276 Å². The third-order valence-corrected chi connectivity index (χ3v) is 23.2. The smallest absolute Gasteiger partial charge is 0.245 e. The molecule has 41 heteroatoms. The number of phenols is 1. The summed E-state index contributed by atoms with van der Waals surface area (Å²) in [4.78, 5) is 150. The highest BCUT2D eigenvalue weighted by molar-refractivity contribution is 7.89. The molecule has 0 unspecified atom stereocenters. The summed E-state index contributed by atoms with van der Waals surface area (Å²) in [6.45, 7) is 0.703. The van der Waals surface area contributed by atoms with Gasteiger partial charge in [0.15, 0.2) is 0 Å². The summed E-state index contributed by atoms with van der Waals surface area (Å²) in [6.07, 6.45) is -0.411. The topological polar surface area (TPSA) is 544 Å². The minimum atomic E-state index is -4.85. The van der Waals surface area contributed by atoms with Crippen molar-refractivity contribution in [2.24, 2.45) is 11.7 Å². The van der Waals surface area contributed by atoms with E-state index < -0.39 is 237 Å². The van der Waals surface area contributed by atoms with E-state index in [-0.39, 0.29) is 61.6 Å². The van der Waals surface area contributed by atoms with Crippen molar-refractivity contribution in [1.29, 1.82) is 0 Å². The van der Waals surface area contributed by atoms with E-state index in [0.29, 0.717) is 34.8 Å². The van der Waals surface area contributed by atoms with E-state index >= 15 is 13.2 Å². The fourth-order valence-electron chi connectivity index (χ4n) is 11.9. The molecule has 1 aliphatic rings. The molecule has 4 aromatic rings. The average Bonchev–Trinajstić information content (AvgIpc) is 0.802. The van der Waals surface area contributed by atoms with Gasteiger partial charge in [-0.05, 0) is 118 Å². The molecule has 1 aliphatic heterocycles. The molecule has 0 radical (unpaired) electrons. The van der Waals surface area contributed by atoms with Crippen LogP contribution in [0.4, 0.5) is 0 Å². The number of carbonyl (C=O) groups is 11. The highest BCUT2D eigenvalue weighted by Crippen LogP contribution is 2.24. The highest BCUT2D eigenvalue weighted by Gasteiger charge is 2.37. The van der Waals surface area contributed by atoms with Gasteiger partial charge < -0.3 is 74.2 Å². The second-order valence-corrected chi connectivity index (χ2v) is 36.1. The Bertz CT molecular complexity index is 4430. The lowest BCUT2D eigenvalue weighted by Gasteiger charge is -2.30. The quantitative estimate of drug-likeness (QED) is 0.0213. The summed E-state index contributed by atoms with van der Waals surface area (Å²) in [7, 11) is -17.9. The van der Waals surface area contributed by atoms with E-state index in [9.17, 15) is 88.5 Å². The maximum atomic E-state index is 15.2. The van der Waals surface area contributed by atoms with Crippen LogP contribution < -0.4 is 58.9 Å². The SMILES string of the molecule is CC(=O)N[C@H](C(=O)N[C@@H](Cc1ccccc1)CN(CC(=O)N[C@H]1CCC(=O)NCCCC[C@@H](CN(CC(=O)N[C@@H](CC(C)C)C(=O)N[C@@H](CO)CN(CC(=O)N[C@@H](C)C(N)=O)S(C)(=O)=O)S(C)(=O)=O)NC(=O)[C@H](C)NC(=O)CN(S(=O)(=O)c2ccc3ccccc3c2)C[C@H](Cc2ccc(O)cc2)NC1=O)S(C)(=O)=O)[C@@H](C)O. The Morgan fingerprint density at radius 1 is 0.625 bits per heavy atom. The van der Waals surface area contributed by atoms with Crippen molar-refractivity contribution in [3.63, 3.8) is 0 Å². The lowest BCUT2D eigenvalue weighted by molar-refractivity contribution is -0.131. The number of fused-ring (bicyclic) bond motifs is 1. The van der Waals surface area contributed by atoms with Crippen LogP contribution in [0, 0.1) is 5.92 Å². The Kier molecular flexibility index (Phi) is 35.9. The molecule has 0 bridgehead atoms. The second kappa shape index (κ2) is 43.1. The Labute approximate surface area is 652 Å². The largest absolute Gasteiger partial charge is 0.508 e. The van der Waals surface area contributed by atoms with Crippen LogP contribution in [0.5, 0.6) is 5.75 Å². The number of primary amides is 1. The van der Waals surface area contributed by atoms with Crippen LogP contribution in [0.15, 0.2) is 102 Å². The maximum Gasteiger partial charge on any atom is 0.245 e. The zero-order valence-corrected chi connectivity index (χ0v) is 67.2. The van der Waals surface area contributed by atoms with Gasteiger partial charge in [-0.3, -0.25) is 52.7 Å². The summed E-state index contributed by atoms with van der Waals surface area (Å²) in [5.41, 5.74) is 6.20. The number of nitrogens with two attached hydrogens (primary N) is 1. The number of aliphatic hydroxyl groups excluding tert-OH is 2. The lowest BCUT2D eigenvalue weighted by atomic mass is 10.0. The number of nitrogens with zero attached hydrogens (tertiary/aromatic N) is 4. The number of hydrogen-bond donors (Lipinski definition) is 14. The molecule has 11 amide bonds. The Balaban J connectivity index is 1.51. The van der Waals surface area contributed by atoms with Gasteiger partial charge in [0, 0.05) is 64.2 Å². The Hall–Kier alpha value is -9.33. The van der Waals surface area contributed by atoms with E-state index in [1.54, 1.807) is 68.4 Å². The third-order valence-electron chi connectivity index (χ3n) is 17.8. The van der Waals surface area contributed by atoms with Crippen LogP contribution in [0.25, 0.3) is 10.8 Å². The van der Waals surface area contributed by atoms with E-state index in [0.717, 1.165) is 30.0 Å². The summed E-state index contributed by atoms with van der Waals surface area (Å²) in [5.74, 6) is -10.8. The molecule has 0 saturated carbocycles. The summed E-state index contributed by atoms with van der Waals surface area (Å²) < 4.78 is 114. The number of hydrogen-bond acceptors (Lipinski definition) is 22. The molecule has 1 fully saturated rings. The van der Waals surface area contributed by atoms with Crippen molar-refractivity contribution in [3.8, 4) is 5.75 Å². The highest BCUT2D eigenvalue weighted by atomic mass is 32.2. The van der Waals surface area contributed by atoms with Gasteiger partial charge in [0.1, 0.15) is 36.0 Å². The van der Waals surface area contributed by atoms with Crippen molar-refractivity contribution >= 4 is 116 Å². The van der Waals surface area contributed by atoms with Crippen LogP contribution >= 0.6 is 0 Å². The first-order valence-corrected chi connectivity index (χ1v) is 43.0. The van der Waals surface area contributed by atoms with Gasteiger partial charge in [0.25, 0.3) is 0 Å². The van der Waals surface area contributed by atoms with Crippen LogP contribution in [0.1, 0.15) is 91.2 Å². The molecule has 0 spiro atoms. The first kappa shape index (κ1) is 93.3. The van der Waals surface area contributed by atoms with Gasteiger partial charge in [-0.25, -0.2) is 33.7 Å². The van der Waals surface area contributed by atoms with E-state index in [1.165, 1.54) is 63.2 Å². The molecule has 4 aromatic carbocycles. The van der Waals surface area contributed by atoms with Crippen LogP contribution in [0.2, 0.25) is 0 Å². The zero-order valence-electron chi connectivity index (χ0n) is 63.9. The number of benzene rings is 4. The van der Waals surface area contributed by atoms with Crippen LogP contribution in [-0.2, 0) is 106 Å². The molecule has 0 aliphatic carbocycles. The number of phenolic OH excluding ortho intramolecular Hbond substituents is 1. The molecular formula is C71H105N15O22S4. The summed E-state index contributed by atoms with van der Waals surface area (Å²) in [6, 6.07) is 12.4. The molecule has 1 heterocycles. The van der Waals surface area contributed by atoms with Gasteiger partial charge in [-0.15, -0.1) is 0 Å². The summed E-state index contributed by atoms with van der Waals surface area (Å²) >= 11 is 0. The van der Waals surface area contributed by atoms with Gasteiger partial charge in [0.2, 0.25) is 105 Å². The minimum absolute atomic E-state index is 0.0430. The molecule has 15 N–H and O–H groups in total. The molecule has 112 heavy (non-hydrogen) atoms. The van der Waals surface area contributed by atoms with Gasteiger partial charge >= 0.3 is 0 Å². The Morgan fingerprint density at radius 2 is 1.20 bits per heavy atom. The number of nitrogens with one attached hydrogen (secondary N) is 10. The number of rotatable bonds is 34. The lowest BCUT2D eigenvalue weighted by Crippen LogP contribution is -2.58. The maximum absolute atomic E-state index is 15.2. The van der Waals surface area contributed by atoms with Crippen molar-refractivity contribution in [2.45, 2.75) is 158 Å². The van der Waals surface area contributed by atoms with Gasteiger partial charge in [0.05, 0.1) is 68.6 Å². The zero-order chi connectivity index (χ0) is 83.6. The fourth-order valence-corrected chi connectivity index (χ4v) is 15.8. The molecule has 37 nitrogen and oxygen atoms in total. The first-order chi connectivity index (χ1) is 52.3. The fraction of sp³-hybridized carbons (Fsp3) is 0.535. The number of carbonyl (C=O) groups excluding carboxylic acids is 11. The van der Waals surface area contributed by atoms with Crippen LogP contribution in [0.3, 0.4) is 0 Å². The normalized spacial score (nSPS) is 18.9. The van der Waals surface area contributed by atoms with E-state index in [2.05, 4.69) is 53.2 Å². The van der Waals surface area contributed by atoms with Crippen molar-refractivity contribution in [2.75, 3.05) is 84.3 Å². The number of aliphatic hydroxyl groups is 2. The van der Waals surface area contributed by atoms with E-state index in [1.807, 2.05) is 0 Å². The molecule has 10 atom stereocenters. The molecule has 1 saturated heterocycles. The molecule has 5 rings (SSSR count). The number of aromatic hydroxyl groups is 1. The number of sulfonamides is 4. The Morgan fingerprint density at radius 3 is 1.79 bits per heavy atom. The third kappa shape index (κ3) is 31.7. The predicted molar refractivity (Wildman–Crippen MR) is 412 cm³/mol. The molecule has 0 aromatic heterocycles. The molecule has 620 valence electrons. The van der Waals surface area contributed by atoms with Crippen molar-refractivity contribution < 1.29 is 102 Å². The standard InChI is InChI=1S/C71H105N15O22S4/c1-44(2)31-60(70(99)80-56(43-87)38-85(111(9,105)106)39-62(92)74-45(3)67(72)96)82-65(95)41-83(109(7,101)102)35-53-21-15-16-30-73-61(91)29-28-59(81-64(94)40-84(110(8,103)104)36-54(32-49-17-11-10-12-18-49)79-71(100)66(47(5)88)76-48(6)89)69(98)78-55(33-50-22-25-57(90)26-23-50)37-86(42-63(93)75-46(4)68(97)77-53)112(107,108)58-27-24-51-19-13-14-20-52(51)34-58/h10-14,17-20,22-27,34,44-47,53-56,59-60,66,87-88,90H,15-16,21,28-33,35-43H2,1-9H3,(H2,72,96)(H,73,91)(H,74,92)(H,75,93)(H,76,89)(H,77,97)(H,78,98)(H,79,100)(H,80,99)(H,81,94)(H,82,95)/t45-,46-,47+,53-,54-,55-,56+,59-,60-,66-/m0/s1. The average molecular weight is 1650 g/mol. The minimum Gasteiger partial charge on any atom is -0.508 e. The predicted octanol–water partition coefficient (Wildman–Crippen LogP) is -3.79. The van der Waals surface area contributed by atoms with Gasteiger partial charge in [-0.1, -0.05) is 86.6 Å². The molecular weight excluding hydrogens is 1540 g/mol. The summed E-state index contributed by atoms with van der Waals surface area (Å²) in [5, 5.41) is 57.6. The number of amides is 11. The second-order valence-electron chi connectivity index (χ2n) is 28.2. The van der Waals surface area contributed by atoms with E-state index in [4.69, 9.17) is 5.73 Å². The first-order valence-electron chi connectivity index (χ1n) is 36.0.